The molecule has 2 saturated carbocycles. The fraction of sp³-hybridized carbons (Fsp3) is 0.526. The van der Waals surface area contributed by atoms with Crippen LogP contribution in [0.2, 0.25) is 0 Å². The lowest BCUT2D eigenvalue weighted by Gasteiger charge is -2.26. The Morgan fingerprint density at radius 2 is 0.972 bits per heavy atom. The van der Waals surface area contributed by atoms with Gasteiger partial charge in [0.15, 0.2) is 17.8 Å². The maximum Gasteiger partial charge on any atom is 0.330 e. The lowest BCUT2D eigenvalue weighted by molar-refractivity contribution is -0.218. The molecule has 0 N–H and O–H groups in total. The summed E-state index contributed by atoms with van der Waals surface area (Å²) >= 11 is 0. The summed E-state index contributed by atoms with van der Waals surface area (Å²) in [6, 6.07) is 19.2. The molecule has 72 heavy (non-hydrogen) atoms. The molecule has 0 bridgehead atoms. The van der Waals surface area contributed by atoms with E-state index in [0.717, 1.165) is 120 Å². The Kier molecular flexibility index (Phi) is 28.4. The molecular formula is C57H76O15. The third kappa shape index (κ3) is 23.8. The first kappa shape index (κ1) is 58.4. The molecule has 0 atom stereocenters. The van der Waals surface area contributed by atoms with E-state index in [1.807, 2.05) is 24.3 Å². The van der Waals surface area contributed by atoms with Crippen molar-refractivity contribution in [2.75, 3.05) is 39.6 Å². The summed E-state index contributed by atoms with van der Waals surface area (Å²) in [5, 5.41) is 0. The van der Waals surface area contributed by atoms with Crippen LogP contribution in [0.15, 0.2) is 92.0 Å². The van der Waals surface area contributed by atoms with E-state index in [0.29, 0.717) is 76.0 Å². The first-order chi connectivity index (χ1) is 35.1. The minimum Gasteiger partial charge on any atom is -0.494 e. The van der Waals surface area contributed by atoms with Crippen LogP contribution < -0.4 is 28.7 Å². The molecule has 3 aromatic rings. The quantitative estimate of drug-likeness (QED) is 0.0110. The Morgan fingerprint density at radius 1 is 0.528 bits per heavy atom. The smallest absolute Gasteiger partial charge is 0.330 e. The van der Waals surface area contributed by atoms with Crippen LogP contribution in [0.4, 0.5) is 0 Å². The lowest BCUT2D eigenvalue weighted by Crippen LogP contribution is -2.27. The molecule has 15 heteroatoms. The third-order valence-corrected chi connectivity index (χ3v) is 12.4. The average molecular weight is 1000 g/mol. The van der Waals surface area contributed by atoms with Crippen molar-refractivity contribution in [3.63, 3.8) is 0 Å². The molecular weight excluding hydrogens is 925 g/mol. The van der Waals surface area contributed by atoms with E-state index in [-0.39, 0.29) is 52.9 Å². The van der Waals surface area contributed by atoms with Crippen LogP contribution in [0.25, 0.3) is 0 Å². The molecule has 2 aliphatic rings. The van der Waals surface area contributed by atoms with Gasteiger partial charge in [-0.1, -0.05) is 45.8 Å². The largest absolute Gasteiger partial charge is 0.494 e. The number of hydrogen-bond acceptors (Lipinski definition) is 15. The summed E-state index contributed by atoms with van der Waals surface area (Å²) in [6.45, 7) is 13.7. The highest BCUT2D eigenvalue weighted by molar-refractivity contribution is 5.82. The summed E-state index contributed by atoms with van der Waals surface area (Å²) in [5.41, 5.74) is 0.241. The van der Waals surface area contributed by atoms with Gasteiger partial charge in [-0.05, 0) is 175 Å². The Bertz CT molecular complexity index is 2050. The van der Waals surface area contributed by atoms with Crippen LogP contribution in [0.3, 0.4) is 0 Å². The maximum atomic E-state index is 12.7. The molecule has 0 amide bonds. The van der Waals surface area contributed by atoms with Crippen molar-refractivity contribution < 1.29 is 71.9 Å². The molecule has 3 aromatic carbocycles. The molecule has 0 aromatic heterocycles. The molecule has 0 aliphatic heterocycles. The number of ether oxygens (including phenoxy) is 6. The van der Waals surface area contributed by atoms with Crippen molar-refractivity contribution in [2.24, 2.45) is 23.7 Å². The standard InChI is InChI=1S/C32H40O10.C25H36O5/c1-3-31(34)37-20-8-6-5-7-19-36-27-13-15-28(16-14-27)41-39-23-24-9-11-25(12-10-24)32(35)40-29-17-18-30(42-38-4-2)26(21-29)22-33;1-3-24(26)29-19-9-7-5-4-6-8-18-28-22-14-16-23(17-15-22)30-25(27)21-12-10-20(2)11-13-21/h3,13-18,21-22,24-25H,1,4-12,19-20,23H2,2H3;3,14-17,20-21H,1,4-13,18-19H2,2H3. The van der Waals surface area contributed by atoms with Gasteiger partial charge in [-0.25, -0.2) is 9.59 Å². The molecule has 2 aliphatic carbocycles. The van der Waals surface area contributed by atoms with E-state index in [1.165, 1.54) is 24.3 Å². The van der Waals surface area contributed by atoms with Crippen molar-refractivity contribution >= 4 is 30.2 Å². The zero-order chi connectivity index (χ0) is 51.6. The number of aldehydes is 1. The van der Waals surface area contributed by atoms with Gasteiger partial charge < -0.3 is 38.2 Å². The zero-order valence-electron chi connectivity index (χ0n) is 42.4. The van der Waals surface area contributed by atoms with Gasteiger partial charge in [-0.3, -0.25) is 14.4 Å². The fourth-order valence-electron chi connectivity index (χ4n) is 8.05. The molecule has 0 radical (unpaired) electrons. The van der Waals surface area contributed by atoms with Crippen molar-refractivity contribution in [3.05, 3.63) is 97.6 Å². The van der Waals surface area contributed by atoms with Gasteiger partial charge in [0, 0.05) is 12.2 Å². The second-order valence-corrected chi connectivity index (χ2v) is 18.1. The topological polar surface area (TPSA) is 178 Å². The van der Waals surface area contributed by atoms with Gasteiger partial charge in [0.1, 0.15) is 23.0 Å². The monoisotopic (exact) mass is 1000 g/mol. The number of benzene rings is 3. The Hall–Kier alpha value is -6.19. The average Bonchev–Trinajstić information content (AvgIpc) is 3.40. The minimum atomic E-state index is -0.385. The van der Waals surface area contributed by atoms with Gasteiger partial charge in [-0.2, -0.15) is 9.78 Å². The first-order valence-corrected chi connectivity index (χ1v) is 25.8. The predicted octanol–water partition coefficient (Wildman–Crippen LogP) is 12.1. The van der Waals surface area contributed by atoms with E-state index in [4.69, 9.17) is 48.0 Å². The summed E-state index contributed by atoms with van der Waals surface area (Å²) in [6.07, 6.45) is 20.1. The summed E-state index contributed by atoms with van der Waals surface area (Å²) in [7, 11) is 0. The number of carbonyl (C=O) groups is 5. The minimum absolute atomic E-state index is 0.0410. The molecule has 0 saturated heterocycles. The van der Waals surface area contributed by atoms with E-state index in [1.54, 1.807) is 37.3 Å². The number of hydrogen-bond donors (Lipinski definition) is 0. The normalized spacial score (nSPS) is 17.1. The van der Waals surface area contributed by atoms with Crippen molar-refractivity contribution in [2.45, 2.75) is 129 Å². The number of esters is 4. The molecule has 5 rings (SSSR count). The van der Waals surface area contributed by atoms with Gasteiger partial charge in [0.05, 0.1) is 57.0 Å². The van der Waals surface area contributed by atoms with E-state index < -0.39 is 0 Å². The number of rotatable bonds is 32. The van der Waals surface area contributed by atoms with Crippen LogP contribution in [0.5, 0.6) is 34.5 Å². The van der Waals surface area contributed by atoms with Gasteiger partial charge in [-0.15, -0.1) is 0 Å². The second kappa shape index (κ2) is 35.0. The van der Waals surface area contributed by atoms with E-state index >= 15 is 0 Å². The highest BCUT2D eigenvalue weighted by Crippen LogP contribution is 2.32. The third-order valence-electron chi connectivity index (χ3n) is 12.4. The molecule has 0 heterocycles. The van der Waals surface area contributed by atoms with Gasteiger partial charge in [0.2, 0.25) is 0 Å². The van der Waals surface area contributed by atoms with Gasteiger partial charge >= 0.3 is 23.9 Å². The lowest BCUT2D eigenvalue weighted by atomic mass is 9.82. The second-order valence-electron chi connectivity index (χ2n) is 18.1. The van der Waals surface area contributed by atoms with Crippen LogP contribution in [-0.2, 0) is 38.4 Å². The highest BCUT2D eigenvalue weighted by atomic mass is 17.2. The molecule has 0 unspecified atom stereocenters. The molecule has 15 nitrogen and oxygen atoms in total. The molecule has 0 spiro atoms. The summed E-state index contributed by atoms with van der Waals surface area (Å²) < 4.78 is 32.5. The predicted molar refractivity (Wildman–Crippen MR) is 271 cm³/mol. The van der Waals surface area contributed by atoms with Crippen molar-refractivity contribution in [1.82, 2.24) is 0 Å². The highest BCUT2D eigenvalue weighted by Gasteiger charge is 2.29. The Balaban J connectivity index is 0.000000331. The van der Waals surface area contributed by atoms with Crippen LogP contribution >= 0.6 is 0 Å². The maximum absolute atomic E-state index is 12.7. The fourth-order valence-corrected chi connectivity index (χ4v) is 8.05. The van der Waals surface area contributed by atoms with E-state index in [9.17, 15) is 24.0 Å². The van der Waals surface area contributed by atoms with Gasteiger partial charge in [0.25, 0.3) is 0 Å². The van der Waals surface area contributed by atoms with Crippen molar-refractivity contribution in [1.29, 1.82) is 0 Å². The van der Waals surface area contributed by atoms with E-state index in [2.05, 4.69) is 20.1 Å². The number of unbranched alkanes of at least 4 members (excludes halogenated alkanes) is 8. The van der Waals surface area contributed by atoms with Crippen LogP contribution in [0, 0.1) is 23.7 Å². The van der Waals surface area contributed by atoms with Crippen LogP contribution in [-0.4, -0.2) is 69.8 Å². The Morgan fingerprint density at radius 3 is 1.47 bits per heavy atom. The summed E-state index contributed by atoms with van der Waals surface area (Å²) in [5.74, 6) is 2.97. The zero-order valence-corrected chi connectivity index (χ0v) is 42.4. The van der Waals surface area contributed by atoms with Crippen LogP contribution in [0.1, 0.15) is 140 Å². The SMILES string of the molecule is C=CC(=O)OCCCCCCCCOc1ccc(OC(=O)C2CCC(C)CC2)cc1.C=CC(=O)OCCCCCCOc1ccc(OOCC2CCC(C(=O)Oc3ccc(OOCC)c(C=O)c3)CC2)cc1. The molecule has 394 valence electrons. The summed E-state index contributed by atoms with van der Waals surface area (Å²) in [4.78, 5) is 79.0. The number of carbonyl (C=O) groups excluding carboxylic acids is 5. The molecule has 2 fully saturated rings. The first-order valence-electron chi connectivity index (χ1n) is 25.8. The Labute approximate surface area is 425 Å². The van der Waals surface area contributed by atoms with Crippen molar-refractivity contribution in [3.8, 4) is 34.5 Å².